The Kier molecular flexibility index (Phi) is 2.62. The van der Waals surface area contributed by atoms with E-state index in [9.17, 15) is 8.42 Å². The molecule has 0 unspecified atom stereocenters. The van der Waals surface area contributed by atoms with Crippen molar-refractivity contribution >= 4 is 27.1 Å². The van der Waals surface area contributed by atoms with Crippen LogP contribution >= 0.6 is 11.6 Å². The lowest BCUT2D eigenvalue weighted by atomic mass is 10.2. The van der Waals surface area contributed by atoms with Crippen molar-refractivity contribution in [2.24, 2.45) is 0 Å². The Balaban J connectivity index is 2.76. The van der Waals surface area contributed by atoms with E-state index < -0.39 is 14.6 Å². The van der Waals surface area contributed by atoms with E-state index in [1.165, 1.54) is 4.52 Å². The van der Waals surface area contributed by atoms with Gasteiger partial charge in [0, 0.05) is 6.26 Å². The third-order valence-electron chi connectivity index (χ3n) is 2.70. The van der Waals surface area contributed by atoms with Crippen molar-refractivity contribution in [2.75, 3.05) is 6.26 Å². The lowest BCUT2D eigenvalue weighted by molar-refractivity contribution is 0.543. The third-order valence-corrected chi connectivity index (χ3v) is 4.93. The molecule has 0 saturated heterocycles. The average molecular weight is 275 g/mol. The maximum Gasteiger partial charge on any atom is 0.178 e. The number of hydrogen-bond donors (Lipinski definition) is 0. The summed E-state index contributed by atoms with van der Waals surface area (Å²) < 4.78 is 23.7. The number of fused-ring (bicyclic) bond motifs is 1. The van der Waals surface area contributed by atoms with Crippen LogP contribution in [0.25, 0.3) is 5.65 Å². The SMILES string of the molecule is CC(C)(c1nnc2ccc(Cl)nn12)S(C)(=O)=O. The molecule has 92 valence electrons. The molecule has 0 aliphatic carbocycles. The molecular formula is C9H11ClN4O2S. The van der Waals surface area contributed by atoms with Crippen LogP contribution in [-0.4, -0.2) is 34.5 Å². The first-order valence-corrected chi connectivity index (χ1v) is 7.08. The minimum Gasteiger partial charge on any atom is -0.228 e. The van der Waals surface area contributed by atoms with Crippen LogP contribution in [0.4, 0.5) is 0 Å². The maximum atomic E-state index is 11.7. The second kappa shape index (κ2) is 3.64. The highest BCUT2D eigenvalue weighted by molar-refractivity contribution is 7.91. The normalized spacial score (nSPS) is 13.2. The Morgan fingerprint density at radius 2 is 1.94 bits per heavy atom. The Bertz CT molecular complexity index is 677. The number of nitrogens with zero attached hydrogens (tertiary/aromatic N) is 4. The molecule has 0 amide bonds. The lowest BCUT2D eigenvalue weighted by Crippen LogP contribution is -2.31. The Morgan fingerprint density at radius 3 is 2.53 bits per heavy atom. The van der Waals surface area contributed by atoms with Gasteiger partial charge in [-0.05, 0) is 26.0 Å². The average Bonchev–Trinajstić information content (AvgIpc) is 2.58. The fourth-order valence-electron chi connectivity index (χ4n) is 1.31. The van der Waals surface area contributed by atoms with E-state index in [1.807, 2.05) is 0 Å². The summed E-state index contributed by atoms with van der Waals surface area (Å²) in [4.78, 5) is 0. The van der Waals surface area contributed by atoms with E-state index in [1.54, 1.807) is 26.0 Å². The van der Waals surface area contributed by atoms with E-state index in [-0.39, 0.29) is 11.0 Å². The molecule has 2 rings (SSSR count). The molecule has 0 radical (unpaired) electrons. The quantitative estimate of drug-likeness (QED) is 0.818. The molecule has 17 heavy (non-hydrogen) atoms. The van der Waals surface area contributed by atoms with E-state index in [0.717, 1.165) is 6.26 Å². The zero-order valence-corrected chi connectivity index (χ0v) is 11.1. The molecule has 0 spiro atoms. The van der Waals surface area contributed by atoms with Crippen molar-refractivity contribution in [2.45, 2.75) is 18.6 Å². The first-order chi connectivity index (χ1) is 7.73. The summed E-state index contributed by atoms with van der Waals surface area (Å²) in [7, 11) is -3.34. The largest absolute Gasteiger partial charge is 0.228 e. The van der Waals surface area contributed by atoms with Gasteiger partial charge in [0.1, 0.15) is 9.90 Å². The molecule has 0 aliphatic heterocycles. The predicted octanol–water partition coefficient (Wildman–Crippen LogP) is 1.06. The topological polar surface area (TPSA) is 77.2 Å². The van der Waals surface area contributed by atoms with E-state index in [0.29, 0.717) is 5.65 Å². The van der Waals surface area contributed by atoms with Crippen molar-refractivity contribution in [1.29, 1.82) is 0 Å². The summed E-state index contributed by atoms with van der Waals surface area (Å²) in [6.07, 6.45) is 1.15. The van der Waals surface area contributed by atoms with Crippen molar-refractivity contribution in [1.82, 2.24) is 19.8 Å². The summed E-state index contributed by atoms with van der Waals surface area (Å²) in [6.45, 7) is 3.11. The number of sulfone groups is 1. The molecule has 2 aromatic heterocycles. The van der Waals surface area contributed by atoms with E-state index >= 15 is 0 Å². The van der Waals surface area contributed by atoms with Crippen molar-refractivity contribution in [3.8, 4) is 0 Å². The smallest absolute Gasteiger partial charge is 0.178 e. The van der Waals surface area contributed by atoms with Gasteiger partial charge in [-0.2, -0.15) is 9.61 Å². The maximum absolute atomic E-state index is 11.7. The lowest BCUT2D eigenvalue weighted by Gasteiger charge is -2.19. The highest BCUT2D eigenvalue weighted by Crippen LogP contribution is 2.27. The summed E-state index contributed by atoms with van der Waals surface area (Å²) >= 11 is 5.77. The minimum absolute atomic E-state index is 0.248. The van der Waals surface area contributed by atoms with Crippen LogP contribution in [0.3, 0.4) is 0 Å². The molecular weight excluding hydrogens is 264 g/mol. The van der Waals surface area contributed by atoms with Gasteiger partial charge in [-0.1, -0.05) is 11.6 Å². The van der Waals surface area contributed by atoms with E-state index in [2.05, 4.69) is 15.3 Å². The van der Waals surface area contributed by atoms with Gasteiger partial charge in [0.15, 0.2) is 21.3 Å². The molecule has 6 nitrogen and oxygen atoms in total. The van der Waals surface area contributed by atoms with Crippen LogP contribution < -0.4 is 0 Å². The predicted molar refractivity (Wildman–Crippen MR) is 63.7 cm³/mol. The van der Waals surface area contributed by atoms with Crippen molar-refractivity contribution < 1.29 is 8.42 Å². The molecule has 0 aliphatic rings. The number of rotatable bonds is 2. The number of aromatic nitrogens is 4. The van der Waals surface area contributed by atoms with Gasteiger partial charge in [-0.25, -0.2) is 8.42 Å². The van der Waals surface area contributed by atoms with Crippen LogP contribution in [0.2, 0.25) is 5.15 Å². The van der Waals surface area contributed by atoms with Gasteiger partial charge in [0.25, 0.3) is 0 Å². The Morgan fingerprint density at radius 1 is 1.29 bits per heavy atom. The molecule has 0 bridgehead atoms. The molecule has 0 aromatic carbocycles. The molecule has 2 aromatic rings. The highest BCUT2D eigenvalue weighted by Gasteiger charge is 2.37. The fraction of sp³-hybridized carbons (Fsp3) is 0.444. The summed E-state index contributed by atoms with van der Waals surface area (Å²) in [5.74, 6) is 0.248. The van der Waals surface area contributed by atoms with E-state index in [4.69, 9.17) is 11.6 Å². The molecule has 2 heterocycles. The summed E-state index contributed by atoms with van der Waals surface area (Å²) in [5, 5.41) is 12.0. The standard InChI is InChI=1S/C9H11ClN4O2S/c1-9(2,17(3,15)16)8-12-11-7-5-4-6(10)13-14(7)8/h4-5H,1-3H3. The number of halogens is 1. The first kappa shape index (κ1) is 12.3. The van der Waals surface area contributed by atoms with Crippen LogP contribution in [0.1, 0.15) is 19.7 Å². The first-order valence-electron chi connectivity index (χ1n) is 4.81. The molecule has 0 saturated carbocycles. The van der Waals surface area contributed by atoms with Gasteiger partial charge in [0.05, 0.1) is 0 Å². The molecule has 0 atom stereocenters. The van der Waals surface area contributed by atoms with Gasteiger partial charge < -0.3 is 0 Å². The van der Waals surface area contributed by atoms with Crippen LogP contribution in [0.15, 0.2) is 12.1 Å². The summed E-state index contributed by atoms with van der Waals surface area (Å²) in [5.41, 5.74) is 0.459. The second-order valence-corrected chi connectivity index (χ2v) is 7.18. The van der Waals surface area contributed by atoms with Crippen LogP contribution in [0.5, 0.6) is 0 Å². The summed E-state index contributed by atoms with van der Waals surface area (Å²) in [6, 6.07) is 3.20. The zero-order chi connectivity index (χ0) is 12.8. The highest BCUT2D eigenvalue weighted by atomic mass is 35.5. The third kappa shape index (κ3) is 1.89. The molecule has 8 heteroatoms. The fourth-order valence-corrected chi connectivity index (χ4v) is 1.91. The second-order valence-electron chi connectivity index (χ2n) is 4.23. The van der Waals surface area contributed by atoms with Crippen molar-refractivity contribution in [3.63, 3.8) is 0 Å². The van der Waals surface area contributed by atoms with Crippen molar-refractivity contribution in [3.05, 3.63) is 23.1 Å². The monoisotopic (exact) mass is 274 g/mol. The Labute approximate surface area is 104 Å². The zero-order valence-electron chi connectivity index (χ0n) is 9.55. The minimum atomic E-state index is -3.34. The van der Waals surface area contributed by atoms with Gasteiger partial charge in [-0.3, -0.25) is 0 Å². The van der Waals surface area contributed by atoms with Gasteiger partial charge in [-0.15, -0.1) is 10.2 Å². The molecule has 0 N–H and O–H groups in total. The van der Waals surface area contributed by atoms with Crippen LogP contribution in [-0.2, 0) is 14.6 Å². The van der Waals surface area contributed by atoms with Crippen LogP contribution in [0, 0.1) is 0 Å². The van der Waals surface area contributed by atoms with Gasteiger partial charge in [0.2, 0.25) is 0 Å². The number of hydrogen-bond acceptors (Lipinski definition) is 5. The van der Waals surface area contributed by atoms with Gasteiger partial charge >= 0.3 is 0 Å². The Hall–Kier alpha value is -1.21. The molecule has 0 fully saturated rings.